The first-order chi connectivity index (χ1) is 18.2. The average molecular weight is 540 g/mol. The number of esters is 1. The van der Waals surface area contributed by atoms with Crippen LogP contribution in [0.25, 0.3) is 0 Å². The number of hydrogen-bond acceptors (Lipinski definition) is 9. The number of nitro benzene ring substituents is 1. The van der Waals surface area contributed by atoms with Crippen LogP contribution in [0.3, 0.4) is 0 Å². The molecule has 12 heteroatoms. The standard InChI is InChI=1S/C18H21NO4S.C8H4N2O4/c1-2-23-16(20)11-19-17(21)14-9-8-13(10-15(14)18(19)22)24-12-6-4-3-5-7-12;11-7-5-2-1-4(10(13)14)3-6(5)8(12)9-7/h8-10,12H,2-7,11H2,1H3;1-3H,(H,9,11,12). The van der Waals surface area contributed by atoms with Crippen LogP contribution < -0.4 is 5.32 Å². The molecule has 0 saturated heterocycles. The van der Waals surface area contributed by atoms with Gasteiger partial charge in [-0.15, -0.1) is 11.8 Å². The third kappa shape index (κ3) is 5.75. The van der Waals surface area contributed by atoms with Crippen molar-refractivity contribution in [3.63, 3.8) is 0 Å². The van der Waals surface area contributed by atoms with Gasteiger partial charge in [0.25, 0.3) is 29.3 Å². The number of non-ortho nitro benzene ring substituents is 1. The highest BCUT2D eigenvalue weighted by molar-refractivity contribution is 8.00. The lowest BCUT2D eigenvalue weighted by Gasteiger charge is -2.21. The zero-order chi connectivity index (χ0) is 27.4. The Labute approximate surface area is 222 Å². The first kappa shape index (κ1) is 27.0. The fourth-order valence-electron chi connectivity index (χ4n) is 4.47. The van der Waals surface area contributed by atoms with E-state index in [4.69, 9.17) is 4.74 Å². The predicted molar refractivity (Wildman–Crippen MR) is 136 cm³/mol. The largest absolute Gasteiger partial charge is 0.465 e. The van der Waals surface area contributed by atoms with E-state index in [-0.39, 0.29) is 30.0 Å². The van der Waals surface area contributed by atoms with Crippen molar-refractivity contribution in [2.24, 2.45) is 0 Å². The first-order valence-electron chi connectivity index (χ1n) is 12.2. The molecule has 0 atom stereocenters. The number of rotatable bonds is 6. The van der Waals surface area contributed by atoms with Gasteiger partial charge in [-0.05, 0) is 44.0 Å². The fourth-order valence-corrected chi connectivity index (χ4v) is 5.75. The molecule has 0 bridgehead atoms. The Balaban J connectivity index is 0.000000204. The number of thioether (sulfide) groups is 1. The molecule has 2 aliphatic heterocycles. The smallest absolute Gasteiger partial charge is 0.326 e. The van der Waals surface area contributed by atoms with Crippen LogP contribution in [-0.4, -0.2) is 57.8 Å². The van der Waals surface area contributed by atoms with Gasteiger partial charge >= 0.3 is 5.97 Å². The Morgan fingerprint density at radius 3 is 2.32 bits per heavy atom. The van der Waals surface area contributed by atoms with Crippen LogP contribution in [0.5, 0.6) is 0 Å². The lowest BCUT2D eigenvalue weighted by molar-refractivity contribution is -0.384. The molecule has 3 aliphatic rings. The molecule has 2 heterocycles. The highest BCUT2D eigenvalue weighted by Crippen LogP contribution is 2.35. The SMILES string of the molecule is CCOC(=O)CN1C(=O)c2ccc(SC3CCCCC3)cc2C1=O.O=C1NC(=O)c2cc([N+](=O)[O-])ccc21. The fraction of sp³-hybridized carbons (Fsp3) is 0.346. The molecule has 1 fully saturated rings. The van der Waals surface area contributed by atoms with Crippen LogP contribution in [-0.2, 0) is 9.53 Å². The Morgan fingerprint density at radius 2 is 1.63 bits per heavy atom. The minimum absolute atomic E-state index is 0.0594. The van der Waals surface area contributed by atoms with Crippen LogP contribution >= 0.6 is 11.8 Å². The number of imide groups is 2. The minimum Gasteiger partial charge on any atom is -0.465 e. The molecule has 0 aromatic heterocycles. The molecule has 1 aliphatic carbocycles. The minimum atomic E-state index is -0.615. The van der Waals surface area contributed by atoms with Gasteiger partial charge in [-0.1, -0.05) is 19.3 Å². The van der Waals surface area contributed by atoms with Gasteiger partial charge in [0.05, 0.1) is 33.8 Å². The first-order valence-corrected chi connectivity index (χ1v) is 13.0. The van der Waals surface area contributed by atoms with Crippen molar-refractivity contribution in [2.45, 2.75) is 49.2 Å². The highest BCUT2D eigenvalue weighted by atomic mass is 32.2. The van der Waals surface area contributed by atoms with Crippen LogP contribution in [0.1, 0.15) is 80.5 Å². The zero-order valence-corrected chi connectivity index (χ0v) is 21.4. The summed E-state index contributed by atoms with van der Waals surface area (Å²) in [5.74, 6) is -2.50. The van der Waals surface area contributed by atoms with Gasteiger partial charge in [0.2, 0.25) is 0 Å². The normalized spacial score (nSPS) is 16.4. The van der Waals surface area contributed by atoms with Crippen molar-refractivity contribution >= 4 is 47.0 Å². The maximum atomic E-state index is 12.5. The van der Waals surface area contributed by atoms with E-state index in [1.54, 1.807) is 30.8 Å². The highest BCUT2D eigenvalue weighted by Gasteiger charge is 2.37. The number of nitrogens with zero attached hydrogens (tertiary/aromatic N) is 2. The van der Waals surface area contributed by atoms with Gasteiger partial charge in [0.1, 0.15) is 6.54 Å². The topological polar surface area (TPSA) is 153 Å². The Bertz CT molecular complexity index is 1340. The monoisotopic (exact) mass is 539 g/mol. The Hall–Kier alpha value is -4.06. The predicted octanol–water partition coefficient (Wildman–Crippen LogP) is 3.75. The summed E-state index contributed by atoms with van der Waals surface area (Å²) < 4.78 is 4.83. The molecular weight excluding hydrogens is 514 g/mol. The maximum Gasteiger partial charge on any atom is 0.326 e. The summed E-state index contributed by atoms with van der Waals surface area (Å²) in [6, 6.07) is 8.95. The van der Waals surface area contributed by atoms with Gasteiger partial charge < -0.3 is 4.74 Å². The molecular formula is C26H25N3O8S. The second-order valence-electron chi connectivity index (χ2n) is 8.86. The van der Waals surface area contributed by atoms with E-state index in [0.29, 0.717) is 16.4 Å². The van der Waals surface area contributed by atoms with E-state index in [9.17, 15) is 34.1 Å². The number of amides is 4. The summed E-state index contributed by atoms with van der Waals surface area (Å²) in [6.07, 6.45) is 6.21. The molecule has 1 saturated carbocycles. The Morgan fingerprint density at radius 1 is 0.974 bits per heavy atom. The van der Waals surface area contributed by atoms with E-state index in [0.717, 1.165) is 15.9 Å². The third-order valence-electron chi connectivity index (χ3n) is 6.32. The van der Waals surface area contributed by atoms with E-state index >= 15 is 0 Å². The maximum absolute atomic E-state index is 12.5. The quantitative estimate of drug-likeness (QED) is 0.250. The number of carbonyl (C=O) groups excluding carboxylic acids is 5. The van der Waals surface area contributed by atoms with Crippen molar-refractivity contribution in [2.75, 3.05) is 13.2 Å². The average Bonchev–Trinajstić information content (AvgIpc) is 3.32. The lowest BCUT2D eigenvalue weighted by Crippen LogP contribution is -2.35. The summed E-state index contributed by atoms with van der Waals surface area (Å²) in [4.78, 5) is 70.3. The van der Waals surface area contributed by atoms with Crippen molar-refractivity contribution in [1.29, 1.82) is 0 Å². The number of nitrogens with one attached hydrogen (secondary N) is 1. The van der Waals surface area contributed by atoms with Gasteiger partial charge in [-0.3, -0.25) is 44.3 Å². The summed E-state index contributed by atoms with van der Waals surface area (Å²) >= 11 is 1.78. The molecule has 11 nitrogen and oxygen atoms in total. The molecule has 0 spiro atoms. The zero-order valence-electron chi connectivity index (χ0n) is 20.6. The summed E-state index contributed by atoms with van der Waals surface area (Å²) in [7, 11) is 0. The number of nitro groups is 1. The Kier molecular flexibility index (Phi) is 8.20. The van der Waals surface area contributed by atoms with E-state index < -0.39 is 34.5 Å². The summed E-state index contributed by atoms with van der Waals surface area (Å²) in [5, 5.41) is 13.0. The molecule has 4 amide bonds. The second-order valence-corrected chi connectivity index (χ2v) is 10.2. The molecule has 1 N–H and O–H groups in total. The van der Waals surface area contributed by atoms with Crippen LogP contribution in [0.4, 0.5) is 5.69 Å². The van der Waals surface area contributed by atoms with Crippen LogP contribution in [0.2, 0.25) is 0 Å². The molecule has 38 heavy (non-hydrogen) atoms. The molecule has 198 valence electrons. The summed E-state index contributed by atoms with van der Waals surface area (Å²) in [5.41, 5.74) is 0.806. The third-order valence-corrected chi connectivity index (χ3v) is 7.65. The van der Waals surface area contributed by atoms with Gasteiger partial charge in [-0.2, -0.15) is 0 Å². The molecule has 5 rings (SSSR count). The summed E-state index contributed by atoms with van der Waals surface area (Å²) in [6.45, 7) is 1.59. The van der Waals surface area contributed by atoms with E-state index in [2.05, 4.69) is 0 Å². The van der Waals surface area contributed by atoms with Crippen molar-refractivity contribution in [1.82, 2.24) is 10.2 Å². The number of fused-ring (bicyclic) bond motifs is 2. The molecule has 0 radical (unpaired) electrons. The molecule has 2 aromatic carbocycles. The van der Waals surface area contributed by atoms with Gasteiger partial charge in [0, 0.05) is 22.3 Å². The van der Waals surface area contributed by atoms with Crippen molar-refractivity contribution < 1.29 is 33.6 Å². The second kappa shape index (κ2) is 11.5. The lowest BCUT2D eigenvalue weighted by atomic mass is 10.0. The number of ether oxygens (including phenoxy) is 1. The van der Waals surface area contributed by atoms with Crippen LogP contribution in [0, 0.1) is 10.1 Å². The van der Waals surface area contributed by atoms with E-state index in [1.807, 2.05) is 11.4 Å². The molecule has 0 unspecified atom stereocenters. The van der Waals surface area contributed by atoms with Gasteiger partial charge in [-0.25, -0.2) is 0 Å². The van der Waals surface area contributed by atoms with E-state index in [1.165, 1.54) is 44.2 Å². The van der Waals surface area contributed by atoms with Crippen molar-refractivity contribution in [3.05, 3.63) is 68.8 Å². The number of hydrogen-bond donors (Lipinski definition) is 1. The van der Waals surface area contributed by atoms with Crippen LogP contribution in [0.15, 0.2) is 41.3 Å². The molecule has 2 aromatic rings. The van der Waals surface area contributed by atoms with Gasteiger partial charge in [0.15, 0.2) is 0 Å². The number of carbonyl (C=O) groups is 5. The van der Waals surface area contributed by atoms with Crippen molar-refractivity contribution in [3.8, 4) is 0 Å². The number of benzene rings is 2.